The van der Waals surface area contributed by atoms with Crippen molar-refractivity contribution in [1.82, 2.24) is 4.72 Å². The summed E-state index contributed by atoms with van der Waals surface area (Å²) in [5.41, 5.74) is 4.01. The molecule has 0 bridgehead atoms. The molecule has 2 rings (SSSR count). The molecule has 0 radical (unpaired) electrons. The highest BCUT2D eigenvalue weighted by atomic mass is 32.2. The third-order valence-corrected chi connectivity index (χ3v) is 6.29. The van der Waals surface area contributed by atoms with Crippen LogP contribution >= 0.6 is 0 Å². The van der Waals surface area contributed by atoms with Crippen LogP contribution < -0.4 is 4.72 Å². The summed E-state index contributed by atoms with van der Waals surface area (Å²) in [7, 11) is -3.84. The Morgan fingerprint density at radius 2 is 1.58 bits per heavy atom. The number of carbonyl (C=O) groups excluding carboxylic acids is 1. The van der Waals surface area contributed by atoms with Crippen LogP contribution in [0.4, 0.5) is 0 Å². The van der Waals surface area contributed by atoms with E-state index in [2.05, 4.69) is 4.72 Å². The van der Waals surface area contributed by atoms with Crippen LogP contribution in [-0.2, 0) is 26.2 Å². The number of aryl methyl sites for hydroxylation is 2. The zero-order valence-corrected chi connectivity index (χ0v) is 16.6. The van der Waals surface area contributed by atoms with Crippen molar-refractivity contribution >= 4 is 16.0 Å². The van der Waals surface area contributed by atoms with Crippen molar-refractivity contribution in [3.8, 4) is 0 Å². The van der Waals surface area contributed by atoms with E-state index < -0.39 is 22.0 Å². The van der Waals surface area contributed by atoms with Gasteiger partial charge in [0, 0.05) is 0 Å². The van der Waals surface area contributed by atoms with Gasteiger partial charge in [-0.05, 0) is 62.4 Å². The Labute approximate surface area is 155 Å². The Balaban J connectivity index is 2.15. The minimum atomic E-state index is -3.84. The molecule has 0 heterocycles. The fourth-order valence-corrected chi connectivity index (χ4v) is 4.58. The maximum absolute atomic E-state index is 12.8. The van der Waals surface area contributed by atoms with Gasteiger partial charge in [-0.1, -0.05) is 36.4 Å². The summed E-state index contributed by atoms with van der Waals surface area (Å²) in [6.07, 6.45) is 0. The molecule has 0 saturated heterocycles. The van der Waals surface area contributed by atoms with Crippen LogP contribution in [0.3, 0.4) is 0 Å². The molecule has 1 atom stereocenters. The average Bonchev–Trinajstić information content (AvgIpc) is 2.58. The molecule has 0 aliphatic carbocycles. The lowest BCUT2D eigenvalue weighted by molar-refractivity contribution is -0.146. The monoisotopic (exact) mass is 375 g/mol. The summed E-state index contributed by atoms with van der Waals surface area (Å²) in [4.78, 5) is 12.4. The molecular formula is C20H25NO4S. The van der Waals surface area contributed by atoms with Gasteiger partial charge in [-0.3, -0.25) is 4.79 Å². The third-order valence-electron chi connectivity index (χ3n) is 4.48. The number of benzene rings is 2. The van der Waals surface area contributed by atoms with Gasteiger partial charge in [0.05, 0.1) is 4.90 Å². The highest BCUT2D eigenvalue weighted by Crippen LogP contribution is 2.26. The molecule has 0 fully saturated rings. The van der Waals surface area contributed by atoms with Crippen molar-refractivity contribution in [3.63, 3.8) is 0 Å². The fraction of sp³-hybridized carbons (Fsp3) is 0.350. The molecular weight excluding hydrogens is 350 g/mol. The van der Waals surface area contributed by atoms with E-state index >= 15 is 0 Å². The summed E-state index contributed by atoms with van der Waals surface area (Å²) < 4.78 is 33.4. The Bertz CT molecular complexity index is 879. The minimum Gasteiger partial charge on any atom is -0.460 e. The molecule has 1 N–H and O–H groups in total. The quantitative estimate of drug-likeness (QED) is 0.786. The third kappa shape index (κ3) is 4.51. The summed E-state index contributed by atoms with van der Waals surface area (Å²) >= 11 is 0. The van der Waals surface area contributed by atoms with Crippen LogP contribution in [0.1, 0.15) is 34.7 Å². The van der Waals surface area contributed by atoms with Crippen molar-refractivity contribution < 1.29 is 17.9 Å². The predicted molar refractivity (Wildman–Crippen MR) is 101 cm³/mol. The van der Waals surface area contributed by atoms with E-state index in [1.807, 2.05) is 50.2 Å². The minimum absolute atomic E-state index is 0.105. The first-order valence-electron chi connectivity index (χ1n) is 8.43. The van der Waals surface area contributed by atoms with E-state index in [0.717, 1.165) is 16.7 Å². The summed E-state index contributed by atoms with van der Waals surface area (Å²) in [5, 5.41) is 0. The molecule has 0 unspecified atom stereocenters. The normalized spacial score (nSPS) is 12.7. The van der Waals surface area contributed by atoms with Crippen LogP contribution in [0.25, 0.3) is 0 Å². The Morgan fingerprint density at radius 3 is 2.12 bits per heavy atom. The van der Waals surface area contributed by atoms with E-state index in [1.54, 1.807) is 13.8 Å². The molecule has 2 aromatic carbocycles. The Hall–Kier alpha value is -2.18. The van der Waals surface area contributed by atoms with Crippen LogP contribution in [0.2, 0.25) is 0 Å². The van der Waals surface area contributed by atoms with Gasteiger partial charge in [0.15, 0.2) is 0 Å². The molecule has 140 valence electrons. The first kappa shape index (κ1) is 20.1. The molecule has 26 heavy (non-hydrogen) atoms. The van der Waals surface area contributed by atoms with Gasteiger partial charge < -0.3 is 4.74 Å². The van der Waals surface area contributed by atoms with Gasteiger partial charge in [0.25, 0.3) is 0 Å². The molecule has 0 aliphatic rings. The Kier molecular flexibility index (Phi) is 6.21. The summed E-state index contributed by atoms with van der Waals surface area (Å²) in [6, 6.07) is 10.2. The zero-order valence-electron chi connectivity index (χ0n) is 15.8. The summed E-state index contributed by atoms with van der Waals surface area (Å²) in [5.74, 6) is -0.614. The van der Waals surface area contributed by atoms with Crippen molar-refractivity contribution in [1.29, 1.82) is 0 Å². The topological polar surface area (TPSA) is 72.5 Å². The highest BCUT2D eigenvalue weighted by Gasteiger charge is 2.27. The average molecular weight is 375 g/mol. The number of hydrogen-bond donors (Lipinski definition) is 1. The van der Waals surface area contributed by atoms with Crippen molar-refractivity contribution in [2.75, 3.05) is 0 Å². The molecule has 0 spiro atoms. The van der Waals surface area contributed by atoms with Gasteiger partial charge >= 0.3 is 5.97 Å². The van der Waals surface area contributed by atoms with Crippen LogP contribution in [0.5, 0.6) is 0 Å². The fourth-order valence-electron chi connectivity index (χ4n) is 2.78. The van der Waals surface area contributed by atoms with Crippen molar-refractivity contribution in [2.24, 2.45) is 0 Å². The number of hydrogen-bond acceptors (Lipinski definition) is 4. The highest BCUT2D eigenvalue weighted by molar-refractivity contribution is 7.89. The standard InChI is InChI=1S/C20H25NO4S/c1-13-11-14(2)16(4)19(15(13)3)26(23,24)21-17(5)20(22)25-12-18-9-7-6-8-10-18/h6-11,17,21H,12H2,1-5H3/t17-/m0/s1. The first-order chi connectivity index (χ1) is 12.1. The van der Waals surface area contributed by atoms with Crippen LogP contribution in [0.15, 0.2) is 41.3 Å². The van der Waals surface area contributed by atoms with Crippen LogP contribution in [0, 0.1) is 27.7 Å². The molecule has 0 aliphatic heterocycles. The predicted octanol–water partition coefficient (Wildman–Crippen LogP) is 3.33. The largest absolute Gasteiger partial charge is 0.460 e. The summed E-state index contributed by atoms with van der Waals surface area (Å²) in [6.45, 7) is 8.88. The first-order valence-corrected chi connectivity index (χ1v) is 9.92. The Morgan fingerprint density at radius 1 is 1.04 bits per heavy atom. The lowest BCUT2D eigenvalue weighted by atomic mass is 10.0. The van der Waals surface area contributed by atoms with E-state index in [9.17, 15) is 13.2 Å². The van der Waals surface area contributed by atoms with E-state index in [1.165, 1.54) is 6.92 Å². The van der Waals surface area contributed by atoms with Crippen LogP contribution in [-0.4, -0.2) is 20.4 Å². The van der Waals surface area contributed by atoms with Crippen molar-refractivity contribution in [2.45, 2.75) is 52.2 Å². The molecule has 6 heteroatoms. The number of rotatable bonds is 6. The van der Waals surface area contributed by atoms with Gasteiger partial charge in [-0.25, -0.2) is 8.42 Å². The second-order valence-corrected chi connectivity index (χ2v) is 8.18. The molecule has 0 amide bonds. The number of esters is 1. The van der Waals surface area contributed by atoms with Gasteiger partial charge in [0.1, 0.15) is 12.6 Å². The van der Waals surface area contributed by atoms with Gasteiger partial charge in [-0.2, -0.15) is 4.72 Å². The second kappa shape index (κ2) is 8.01. The molecule has 5 nitrogen and oxygen atoms in total. The van der Waals surface area contributed by atoms with E-state index in [-0.39, 0.29) is 11.5 Å². The second-order valence-electron chi connectivity index (χ2n) is 6.53. The number of carbonyl (C=O) groups is 1. The SMILES string of the molecule is Cc1cc(C)c(C)c(S(=O)(=O)N[C@@H](C)C(=O)OCc2ccccc2)c1C. The van der Waals surface area contributed by atoms with Crippen molar-refractivity contribution in [3.05, 3.63) is 64.2 Å². The lowest BCUT2D eigenvalue weighted by Crippen LogP contribution is -2.40. The zero-order chi connectivity index (χ0) is 19.5. The van der Waals surface area contributed by atoms with Gasteiger partial charge in [0.2, 0.25) is 10.0 Å². The van der Waals surface area contributed by atoms with Gasteiger partial charge in [-0.15, -0.1) is 0 Å². The molecule has 0 aromatic heterocycles. The smallest absolute Gasteiger partial charge is 0.324 e. The number of sulfonamides is 1. The van der Waals surface area contributed by atoms with E-state index in [4.69, 9.17) is 4.74 Å². The number of nitrogens with one attached hydrogen (secondary N) is 1. The maximum atomic E-state index is 12.8. The van der Waals surface area contributed by atoms with E-state index in [0.29, 0.717) is 11.1 Å². The lowest BCUT2D eigenvalue weighted by Gasteiger charge is -2.18. The molecule has 2 aromatic rings. The number of ether oxygens (including phenoxy) is 1. The maximum Gasteiger partial charge on any atom is 0.324 e. The molecule has 0 saturated carbocycles.